The van der Waals surface area contributed by atoms with Gasteiger partial charge < -0.3 is 10.6 Å². The van der Waals surface area contributed by atoms with Crippen molar-refractivity contribution in [3.63, 3.8) is 0 Å². The Bertz CT molecular complexity index is 129. The summed E-state index contributed by atoms with van der Waals surface area (Å²) in [7, 11) is 0. The minimum Gasteiger partial charge on any atom is -0.316 e. The molecular weight excluding hydrogens is 148 g/mol. The van der Waals surface area contributed by atoms with Gasteiger partial charge in [0.05, 0.1) is 0 Å². The Morgan fingerprint density at radius 2 is 1.58 bits per heavy atom. The predicted octanol–water partition coefficient (Wildman–Crippen LogP) is 1.13. The molecule has 0 aromatic heterocycles. The third-order valence-electron chi connectivity index (χ3n) is 3.39. The molecule has 0 radical (unpaired) electrons. The van der Waals surface area contributed by atoms with Crippen LogP contribution in [0.15, 0.2) is 0 Å². The van der Waals surface area contributed by atoms with E-state index in [4.69, 9.17) is 0 Å². The summed E-state index contributed by atoms with van der Waals surface area (Å²) in [5, 5.41) is 7.07. The molecule has 70 valence electrons. The van der Waals surface area contributed by atoms with Crippen LogP contribution in [0, 0.1) is 5.41 Å². The fraction of sp³-hybridized carbons (Fsp3) is 1.00. The normalized spacial score (nSPS) is 38.0. The smallest absolute Gasteiger partial charge is 0.00205 e. The van der Waals surface area contributed by atoms with Gasteiger partial charge in [-0.2, -0.15) is 0 Å². The molecule has 0 aromatic rings. The van der Waals surface area contributed by atoms with Gasteiger partial charge in [-0.1, -0.05) is 12.8 Å². The first-order valence-electron chi connectivity index (χ1n) is 5.33. The van der Waals surface area contributed by atoms with Crippen LogP contribution < -0.4 is 10.6 Å². The number of hydrogen-bond donors (Lipinski definition) is 2. The molecule has 2 nitrogen and oxygen atoms in total. The predicted molar refractivity (Wildman–Crippen MR) is 51.3 cm³/mol. The van der Waals surface area contributed by atoms with E-state index in [1.54, 1.807) is 0 Å². The van der Waals surface area contributed by atoms with Gasteiger partial charge in [0.2, 0.25) is 0 Å². The van der Waals surface area contributed by atoms with E-state index in [1.807, 2.05) is 0 Å². The summed E-state index contributed by atoms with van der Waals surface area (Å²) in [6, 6.07) is 0. The van der Waals surface area contributed by atoms with Gasteiger partial charge in [0.15, 0.2) is 0 Å². The third kappa shape index (κ3) is 1.80. The summed E-state index contributed by atoms with van der Waals surface area (Å²) in [6.45, 7) is 4.98. The Morgan fingerprint density at radius 3 is 2.33 bits per heavy atom. The van der Waals surface area contributed by atoms with Gasteiger partial charge in [-0.3, -0.25) is 0 Å². The molecule has 12 heavy (non-hydrogen) atoms. The summed E-state index contributed by atoms with van der Waals surface area (Å²) in [4.78, 5) is 0. The van der Waals surface area contributed by atoms with Crippen LogP contribution in [0.1, 0.15) is 32.1 Å². The van der Waals surface area contributed by atoms with E-state index in [1.165, 1.54) is 58.3 Å². The number of nitrogens with one attached hydrogen (secondary N) is 2. The van der Waals surface area contributed by atoms with Crippen LogP contribution in [0.2, 0.25) is 0 Å². The maximum atomic E-state index is 3.58. The third-order valence-corrected chi connectivity index (χ3v) is 3.39. The Labute approximate surface area is 75.1 Å². The quantitative estimate of drug-likeness (QED) is 0.566. The van der Waals surface area contributed by atoms with Crippen LogP contribution in [0.5, 0.6) is 0 Å². The largest absolute Gasteiger partial charge is 0.316 e. The second-order valence-corrected chi connectivity index (χ2v) is 4.41. The summed E-state index contributed by atoms with van der Waals surface area (Å²) < 4.78 is 0. The zero-order valence-corrected chi connectivity index (χ0v) is 7.86. The zero-order chi connectivity index (χ0) is 8.28. The lowest BCUT2D eigenvalue weighted by Crippen LogP contribution is -2.37. The minimum atomic E-state index is 0.625. The van der Waals surface area contributed by atoms with Crippen LogP contribution in [-0.2, 0) is 0 Å². The second-order valence-electron chi connectivity index (χ2n) is 4.41. The Hall–Kier alpha value is -0.0800. The molecule has 0 aromatic carbocycles. The molecule has 2 N–H and O–H groups in total. The maximum absolute atomic E-state index is 3.58. The molecule has 2 aliphatic heterocycles. The lowest BCUT2D eigenvalue weighted by molar-refractivity contribution is 0.254. The average Bonchev–Trinajstić information content (AvgIpc) is 2.47. The highest BCUT2D eigenvalue weighted by Gasteiger charge is 2.33. The van der Waals surface area contributed by atoms with E-state index < -0.39 is 0 Å². The van der Waals surface area contributed by atoms with Crippen LogP contribution in [-0.4, -0.2) is 26.2 Å². The lowest BCUT2D eigenvalue weighted by atomic mass is 9.81. The van der Waals surface area contributed by atoms with E-state index in [2.05, 4.69) is 10.6 Å². The van der Waals surface area contributed by atoms with E-state index in [-0.39, 0.29) is 0 Å². The molecule has 0 bridgehead atoms. The summed E-state index contributed by atoms with van der Waals surface area (Å²) in [5.41, 5.74) is 0.625. The highest BCUT2D eigenvalue weighted by atomic mass is 15.0. The Kier molecular flexibility index (Phi) is 2.66. The fourth-order valence-corrected chi connectivity index (χ4v) is 2.53. The molecule has 1 spiro atoms. The van der Waals surface area contributed by atoms with Gasteiger partial charge in [0.25, 0.3) is 0 Å². The first-order valence-corrected chi connectivity index (χ1v) is 5.33. The van der Waals surface area contributed by atoms with Crippen molar-refractivity contribution >= 4 is 0 Å². The van der Waals surface area contributed by atoms with Gasteiger partial charge in [-0.25, -0.2) is 0 Å². The van der Waals surface area contributed by atoms with Crippen molar-refractivity contribution in [2.24, 2.45) is 5.41 Å². The highest BCUT2D eigenvalue weighted by molar-refractivity contribution is 4.90. The van der Waals surface area contributed by atoms with Crippen molar-refractivity contribution in [2.45, 2.75) is 32.1 Å². The summed E-state index contributed by atoms with van der Waals surface area (Å²) >= 11 is 0. The molecule has 1 unspecified atom stereocenters. The van der Waals surface area contributed by atoms with Crippen LogP contribution in [0.3, 0.4) is 0 Å². The first kappa shape index (κ1) is 8.52. The molecule has 2 saturated heterocycles. The van der Waals surface area contributed by atoms with Crippen molar-refractivity contribution in [1.82, 2.24) is 10.6 Å². The van der Waals surface area contributed by atoms with Gasteiger partial charge in [-0.15, -0.1) is 0 Å². The molecule has 1 atom stereocenters. The number of hydrogen-bond acceptors (Lipinski definition) is 2. The molecule has 0 aliphatic carbocycles. The standard InChI is InChI=1S/C10H20N2/c1-2-4-10(5-7-12-9-10)8-11-6-3-1/h11-12H,1-9H2. The van der Waals surface area contributed by atoms with Crippen molar-refractivity contribution in [1.29, 1.82) is 0 Å². The van der Waals surface area contributed by atoms with Gasteiger partial charge in [-0.05, 0) is 37.8 Å². The van der Waals surface area contributed by atoms with Crippen molar-refractivity contribution in [3.8, 4) is 0 Å². The number of rotatable bonds is 0. The lowest BCUT2D eigenvalue weighted by Gasteiger charge is -2.30. The van der Waals surface area contributed by atoms with E-state index in [9.17, 15) is 0 Å². The molecule has 2 fully saturated rings. The average molecular weight is 168 g/mol. The van der Waals surface area contributed by atoms with Gasteiger partial charge in [0, 0.05) is 13.1 Å². The van der Waals surface area contributed by atoms with Gasteiger partial charge >= 0.3 is 0 Å². The first-order chi connectivity index (χ1) is 5.91. The molecule has 2 heterocycles. The fourth-order valence-electron chi connectivity index (χ4n) is 2.53. The van der Waals surface area contributed by atoms with Crippen molar-refractivity contribution in [2.75, 3.05) is 26.2 Å². The van der Waals surface area contributed by atoms with E-state index in [0.717, 1.165) is 0 Å². The zero-order valence-electron chi connectivity index (χ0n) is 7.86. The monoisotopic (exact) mass is 168 g/mol. The summed E-state index contributed by atoms with van der Waals surface area (Å²) in [5.74, 6) is 0. The van der Waals surface area contributed by atoms with E-state index in [0.29, 0.717) is 5.41 Å². The second kappa shape index (κ2) is 3.75. The van der Waals surface area contributed by atoms with Crippen LogP contribution in [0.4, 0.5) is 0 Å². The topological polar surface area (TPSA) is 24.1 Å². The summed E-state index contributed by atoms with van der Waals surface area (Å²) in [6.07, 6.45) is 7.08. The van der Waals surface area contributed by atoms with Gasteiger partial charge in [0.1, 0.15) is 0 Å². The van der Waals surface area contributed by atoms with Crippen LogP contribution >= 0.6 is 0 Å². The SMILES string of the molecule is C1CCNCC2(CC1)CCNC2. The molecular formula is C10H20N2. The molecule has 2 heteroatoms. The Morgan fingerprint density at radius 1 is 0.750 bits per heavy atom. The Balaban J connectivity index is 1.92. The molecule has 0 saturated carbocycles. The molecule has 0 amide bonds. The highest BCUT2D eigenvalue weighted by Crippen LogP contribution is 2.31. The van der Waals surface area contributed by atoms with E-state index >= 15 is 0 Å². The maximum Gasteiger partial charge on any atom is 0.00205 e. The van der Waals surface area contributed by atoms with Crippen molar-refractivity contribution < 1.29 is 0 Å². The van der Waals surface area contributed by atoms with Crippen LogP contribution in [0.25, 0.3) is 0 Å². The van der Waals surface area contributed by atoms with Crippen molar-refractivity contribution in [3.05, 3.63) is 0 Å². The minimum absolute atomic E-state index is 0.625. The molecule has 2 aliphatic rings. The molecule has 2 rings (SSSR count).